The molecule has 1 aromatic carbocycles. The van der Waals surface area contributed by atoms with Gasteiger partial charge in [-0.05, 0) is 36.2 Å². The summed E-state index contributed by atoms with van der Waals surface area (Å²) in [5.41, 5.74) is -0.248. The first-order valence-corrected chi connectivity index (χ1v) is 8.61. The average Bonchev–Trinajstić information content (AvgIpc) is 2.58. The summed E-state index contributed by atoms with van der Waals surface area (Å²) >= 11 is 1.25. The van der Waals surface area contributed by atoms with Crippen molar-refractivity contribution in [2.45, 2.75) is 29.7 Å². The van der Waals surface area contributed by atoms with Crippen LogP contribution in [0.5, 0.6) is 0 Å². The molecule has 1 unspecified atom stereocenters. The summed E-state index contributed by atoms with van der Waals surface area (Å²) in [6, 6.07) is 5.38. The van der Waals surface area contributed by atoms with Crippen LogP contribution in [-0.2, 0) is 4.79 Å². The van der Waals surface area contributed by atoms with E-state index in [-0.39, 0.29) is 17.7 Å². The number of hydrogen-bond acceptors (Lipinski definition) is 4. The molecular formula is C17H16F4N2O2S. The number of pyridine rings is 1. The van der Waals surface area contributed by atoms with Gasteiger partial charge in [0.1, 0.15) is 17.9 Å². The van der Waals surface area contributed by atoms with Crippen LogP contribution in [-0.4, -0.2) is 34.0 Å². The van der Waals surface area contributed by atoms with Crippen molar-refractivity contribution in [2.75, 3.05) is 5.75 Å². The van der Waals surface area contributed by atoms with Crippen molar-refractivity contribution < 1.29 is 27.5 Å². The van der Waals surface area contributed by atoms with Crippen molar-refractivity contribution in [1.29, 1.82) is 0 Å². The topological polar surface area (TPSA) is 62.2 Å². The number of hydrogen-bond donors (Lipinski definition) is 2. The Hall–Kier alpha value is -2.13. The lowest BCUT2D eigenvalue weighted by Gasteiger charge is -2.26. The Morgan fingerprint density at radius 1 is 1.19 bits per heavy atom. The first kappa shape index (κ1) is 20.2. The average molecular weight is 388 g/mol. The summed E-state index contributed by atoms with van der Waals surface area (Å²) in [7, 11) is 0. The van der Waals surface area contributed by atoms with Crippen LogP contribution in [0.1, 0.15) is 18.0 Å². The number of carboxylic acid groups (broad SMARTS) is 1. The molecule has 0 saturated heterocycles. The van der Waals surface area contributed by atoms with E-state index in [1.165, 1.54) is 11.8 Å². The highest BCUT2D eigenvalue weighted by Crippen LogP contribution is 2.33. The molecule has 26 heavy (non-hydrogen) atoms. The van der Waals surface area contributed by atoms with Crippen molar-refractivity contribution >= 4 is 17.7 Å². The van der Waals surface area contributed by atoms with Crippen LogP contribution in [0.15, 0.2) is 53.7 Å². The predicted octanol–water partition coefficient (Wildman–Crippen LogP) is 4.05. The summed E-state index contributed by atoms with van der Waals surface area (Å²) in [5, 5.41) is 12.1. The minimum absolute atomic E-state index is 0.0374. The van der Waals surface area contributed by atoms with Gasteiger partial charge in [-0.25, -0.2) is 9.37 Å². The Kier molecular flexibility index (Phi) is 6.98. The highest BCUT2D eigenvalue weighted by atomic mass is 32.2. The Labute approximate surface area is 151 Å². The first-order chi connectivity index (χ1) is 12.3. The highest BCUT2D eigenvalue weighted by molar-refractivity contribution is 7.99. The fraction of sp³-hybridized carbons (Fsp3) is 0.294. The van der Waals surface area contributed by atoms with Gasteiger partial charge in [-0.15, -0.1) is 11.8 Å². The van der Waals surface area contributed by atoms with Gasteiger partial charge < -0.3 is 5.11 Å². The molecule has 0 fully saturated rings. The van der Waals surface area contributed by atoms with Gasteiger partial charge in [-0.1, -0.05) is 18.2 Å². The number of nitrogens with zero attached hydrogens (tertiary/aromatic N) is 1. The Bertz CT molecular complexity index is 711. The Balaban J connectivity index is 2.06. The second-order valence-electron chi connectivity index (χ2n) is 5.39. The lowest BCUT2D eigenvalue weighted by molar-refractivity contribution is -0.163. The molecule has 2 rings (SSSR count). The summed E-state index contributed by atoms with van der Waals surface area (Å²) in [5.74, 6) is -1.78. The maximum Gasteiger partial charge on any atom is 0.407 e. The van der Waals surface area contributed by atoms with Gasteiger partial charge in [0.15, 0.2) is 0 Å². The molecule has 0 bridgehead atoms. The number of thioether (sulfide) groups is 1. The van der Waals surface area contributed by atoms with Crippen molar-refractivity contribution in [3.05, 3.63) is 60.0 Å². The van der Waals surface area contributed by atoms with E-state index < -0.39 is 30.0 Å². The standard InChI is InChI=1S/C17H16F4N2O2S/c18-12-6-4-11(5-7-12)15(17(19,20)21)23-13(16(24)25)8-10-26-14-3-1-2-9-22-14/h1-7,9,13,15,23H,8,10H2,(H,24,25)/t13-,15?/m0/s1. The molecule has 9 heteroatoms. The summed E-state index contributed by atoms with van der Waals surface area (Å²) in [6.45, 7) is 0. The molecule has 2 atom stereocenters. The molecule has 0 aliphatic carbocycles. The zero-order valence-electron chi connectivity index (χ0n) is 13.4. The molecule has 0 spiro atoms. The maximum atomic E-state index is 13.4. The Morgan fingerprint density at radius 3 is 2.42 bits per heavy atom. The smallest absolute Gasteiger partial charge is 0.407 e. The van der Waals surface area contributed by atoms with Gasteiger partial charge in [0, 0.05) is 11.9 Å². The first-order valence-electron chi connectivity index (χ1n) is 7.62. The number of rotatable bonds is 8. The van der Waals surface area contributed by atoms with Gasteiger partial charge in [-0.2, -0.15) is 13.2 Å². The van der Waals surface area contributed by atoms with Crippen LogP contribution < -0.4 is 5.32 Å². The Morgan fingerprint density at radius 2 is 1.88 bits per heavy atom. The molecule has 0 aliphatic rings. The minimum Gasteiger partial charge on any atom is -0.480 e. The summed E-state index contributed by atoms with van der Waals surface area (Å²) < 4.78 is 53.0. The van der Waals surface area contributed by atoms with E-state index in [0.29, 0.717) is 5.03 Å². The third-order valence-electron chi connectivity index (χ3n) is 3.49. The quantitative estimate of drug-likeness (QED) is 0.528. The van der Waals surface area contributed by atoms with Crippen LogP contribution in [0, 0.1) is 5.82 Å². The number of carboxylic acids is 1. The molecular weight excluding hydrogens is 372 g/mol. The molecule has 140 valence electrons. The molecule has 4 nitrogen and oxygen atoms in total. The second-order valence-corrected chi connectivity index (χ2v) is 6.50. The molecule has 2 N–H and O–H groups in total. The summed E-state index contributed by atoms with van der Waals surface area (Å²) in [6.07, 6.45) is -3.19. The van der Waals surface area contributed by atoms with E-state index in [2.05, 4.69) is 10.3 Å². The van der Waals surface area contributed by atoms with Crippen LogP contribution in [0.3, 0.4) is 0 Å². The number of halogens is 4. The maximum absolute atomic E-state index is 13.4. The number of aromatic nitrogens is 1. The van der Waals surface area contributed by atoms with Gasteiger partial charge in [-0.3, -0.25) is 10.1 Å². The molecule has 0 aliphatic heterocycles. The molecule has 0 saturated carbocycles. The van der Waals surface area contributed by atoms with Crippen molar-refractivity contribution in [1.82, 2.24) is 10.3 Å². The van der Waals surface area contributed by atoms with Crippen LogP contribution >= 0.6 is 11.8 Å². The number of aliphatic carboxylic acids is 1. The van der Waals surface area contributed by atoms with Crippen molar-refractivity contribution in [3.63, 3.8) is 0 Å². The zero-order chi connectivity index (χ0) is 19.2. The van der Waals surface area contributed by atoms with E-state index in [9.17, 15) is 27.5 Å². The van der Waals surface area contributed by atoms with Gasteiger partial charge in [0.05, 0.1) is 5.03 Å². The van der Waals surface area contributed by atoms with Gasteiger partial charge >= 0.3 is 12.1 Å². The number of alkyl halides is 3. The van der Waals surface area contributed by atoms with Crippen LogP contribution in [0.25, 0.3) is 0 Å². The molecule has 0 radical (unpaired) electrons. The largest absolute Gasteiger partial charge is 0.480 e. The van der Waals surface area contributed by atoms with E-state index in [4.69, 9.17) is 0 Å². The lowest BCUT2D eigenvalue weighted by atomic mass is 10.0. The van der Waals surface area contributed by atoms with Gasteiger partial charge in [0.25, 0.3) is 0 Å². The fourth-order valence-electron chi connectivity index (χ4n) is 2.23. The fourth-order valence-corrected chi connectivity index (χ4v) is 3.10. The number of nitrogens with one attached hydrogen (secondary N) is 1. The van der Waals surface area contributed by atoms with Crippen molar-refractivity contribution in [3.8, 4) is 0 Å². The molecule has 2 aromatic rings. The van der Waals surface area contributed by atoms with E-state index >= 15 is 0 Å². The predicted molar refractivity (Wildman–Crippen MR) is 89.3 cm³/mol. The third kappa shape index (κ3) is 5.99. The second kappa shape index (κ2) is 9.00. The minimum atomic E-state index is -4.72. The number of benzene rings is 1. The highest BCUT2D eigenvalue weighted by Gasteiger charge is 2.42. The molecule has 0 amide bonds. The van der Waals surface area contributed by atoms with E-state index in [1.54, 1.807) is 24.4 Å². The summed E-state index contributed by atoms with van der Waals surface area (Å²) in [4.78, 5) is 15.4. The lowest BCUT2D eigenvalue weighted by Crippen LogP contribution is -2.45. The zero-order valence-corrected chi connectivity index (χ0v) is 14.2. The van der Waals surface area contributed by atoms with Gasteiger partial charge in [0.2, 0.25) is 0 Å². The van der Waals surface area contributed by atoms with E-state index in [1.807, 2.05) is 0 Å². The number of carbonyl (C=O) groups is 1. The van der Waals surface area contributed by atoms with Crippen LogP contribution in [0.2, 0.25) is 0 Å². The molecule has 1 aromatic heterocycles. The molecule has 1 heterocycles. The van der Waals surface area contributed by atoms with E-state index in [0.717, 1.165) is 24.3 Å². The van der Waals surface area contributed by atoms with Crippen molar-refractivity contribution in [2.24, 2.45) is 0 Å². The monoisotopic (exact) mass is 388 g/mol. The SMILES string of the molecule is O=C(O)[C@H](CCSc1ccccn1)NC(c1ccc(F)cc1)C(F)(F)F. The normalized spacial score (nSPS) is 14.0. The van der Waals surface area contributed by atoms with Crippen LogP contribution in [0.4, 0.5) is 17.6 Å². The third-order valence-corrected chi connectivity index (χ3v) is 4.47.